The Hall–Kier alpha value is -0.870. The molecule has 1 unspecified atom stereocenters. The molecule has 1 heterocycles. The first-order valence-electron chi connectivity index (χ1n) is 6.54. The van der Waals surface area contributed by atoms with Crippen LogP contribution < -0.4 is 5.32 Å². The largest absolute Gasteiger partial charge is 0.313 e. The van der Waals surface area contributed by atoms with Crippen LogP contribution in [0.15, 0.2) is 24.3 Å². The number of sulfone groups is 1. The molecule has 1 aliphatic heterocycles. The number of rotatable bonds is 5. The third-order valence-corrected chi connectivity index (χ3v) is 5.18. The summed E-state index contributed by atoms with van der Waals surface area (Å²) in [5.41, 5.74) is 2.31. The van der Waals surface area contributed by atoms with Crippen molar-refractivity contribution in [2.45, 2.75) is 32.2 Å². The van der Waals surface area contributed by atoms with E-state index in [0.717, 1.165) is 24.9 Å². The lowest BCUT2D eigenvalue weighted by atomic mass is 10.1. The summed E-state index contributed by atoms with van der Waals surface area (Å²) in [5, 5.41) is 3.24. The number of benzene rings is 1. The molecule has 0 bridgehead atoms. The van der Waals surface area contributed by atoms with Crippen molar-refractivity contribution in [3.8, 4) is 0 Å². The highest BCUT2D eigenvalue weighted by Gasteiger charge is 2.21. The summed E-state index contributed by atoms with van der Waals surface area (Å²) in [4.78, 5) is 0. The first-order chi connectivity index (χ1) is 8.55. The van der Waals surface area contributed by atoms with Crippen molar-refractivity contribution < 1.29 is 8.42 Å². The highest BCUT2D eigenvalue weighted by atomic mass is 32.2. The molecule has 1 fully saturated rings. The molecule has 18 heavy (non-hydrogen) atoms. The molecule has 1 aromatic carbocycles. The van der Waals surface area contributed by atoms with Crippen LogP contribution in [0.2, 0.25) is 0 Å². The van der Waals surface area contributed by atoms with Crippen LogP contribution in [0.5, 0.6) is 0 Å². The summed E-state index contributed by atoms with van der Waals surface area (Å²) < 4.78 is 24.0. The molecular formula is C14H21NO2S. The first kappa shape index (κ1) is 13.6. The molecule has 0 aliphatic carbocycles. The zero-order chi connectivity index (χ0) is 13.0. The molecule has 1 atom stereocenters. The van der Waals surface area contributed by atoms with Crippen LogP contribution in [0.3, 0.4) is 0 Å². The summed E-state index contributed by atoms with van der Waals surface area (Å²) in [6, 6.07) is 8.26. The first-order valence-corrected chi connectivity index (χ1v) is 8.37. The maximum atomic E-state index is 12.0. The van der Waals surface area contributed by atoms with Gasteiger partial charge in [0.2, 0.25) is 0 Å². The molecular weight excluding hydrogens is 246 g/mol. The second-order valence-corrected chi connectivity index (χ2v) is 7.37. The fraction of sp³-hybridized carbons (Fsp3) is 0.571. The predicted molar refractivity (Wildman–Crippen MR) is 74.6 cm³/mol. The monoisotopic (exact) mass is 267 g/mol. The van der Waals surface area contributed by atoms with E-state index in [4.69, 9.17) is 0 Å². The lowest BCUT2D eigenvalue weighted by Crippen LogP contribution is -2.31. The third-order valence-electron chi connectivity index (χ3n) is 3.44. The van der Waals surface area contributed by atoms with Crippen LogP contribution >= 0.6 is 0 Å². The van der Waals surface area contributed by atoms with E-state index in [1.54, 1.807) is 0 Å². The topological polar surface area (TPSA) is 46.2 Å². The van der Waals surface area contributed by atoms with E-state index in [-0.39, 0.29) is 11.8 Å². The predicted octanol–water partition coefficient (Wildman–Crippen LogP) is 1.70. The minimum absolute atomic E-state index is 0.174. The van der Waals surface area contributed by atoms with Crippen LogP contribution in [-0.4, -0.2) is 32.5 Å². The van der Waals surface area contributed by atoms with Crippen molar-refractivity contribution in [2.24, 2.45) is 0 Å². The van der Waals surface area contributed by atoms with Gasteiger partial charge in [-0.05, 0) is 38.3 Å². The standard InChI is InChI=1S/C14H21NO2S/c1-12-4-6-13(7-5-12)8-10-18(16,17)11-14-3-2-9-15-14/h4-7,14-15H,2-3,8-11H2,1H3. The molecule has 1 N–H and O–H groups in total. The second-order valence-electron chi connectivity index (χ2n) is 5.14. The lowest BCUT2D eigenvalue weighted by molar-refractivity contribution is 0.576. The van der Waals surface area contributed by atoms with Gasteiger partial charge in [-0.15, -0.1) is 0 Å². The Balaban J connectivity index is 1.86. The molecule has 2 rings (SSSR count). The Kier molecular flexibility index (Phi) is 4.40. The van der Waals surface area contributed by atoms with Crippen LogP contribution in [0, 0.1) is 6.92 Å². The van der Waals surface area contributed by atoms with E-state index in [9.17, 15) is 8.42 Å². The smallest absolute Gasteiger partial charge is 0.152 e. The number of aryl methyl sites for hydroxylation is 2. The van der Waals surface area contributed by atoms with Crippen molar-refractivity contribution in [1.29, 1.82) is 0 Å². The van der Waals surface area contributed by atoms with Gasteiger partial charge in [-0.25, -0.2) is 8.42 Å². The number of nitrogens with one attached hydrogen (secondary N) is 1. The fourth-order valence-corrected chi connectivity index (χ4v) is 3.93. The lowest BCUT2D eigenvalue weighted by Gasteiger charge is -2.10. The Labute approximate surface area is 110 Å². The van der Waals surface area contributed by atoms with E-state index < -0.39 is 9.84 Å². The normalized spacial score (nSPS) is 20.2. The van der Waals surface area contributed by atoms with Crippen molar-refractivity contribution in [3.05, 3.63) is 35.4 Å². The van der Waals surface area contributed by atoms with E-state index in [0.29, 0.717) is 12.2 Å². The summed E-state index contributed by atoms with van der Waals surface area (Å²) in [5.74, 6) is 0.549. The maximum Gasteiger partial charge on any atom is 0.152 e. The molecule has 0 saturated carbocycles. The highest BCUT2D eigenvalue weighted by Crippen LogP contribution is 2.10. The summed E-state index contributed by atoms with van der Waals surface area (Å²) in [6.45, 7) is 2.99. The van der Waals surface area contributed by atoms with Crippen molar-refractivity contribution in [2.75, 3.05) is 18.1 Å². The Morgan fingerprint density at radius 1 is 1.28 bits per heavy atom. The van der Waals surface area contributed by atoms with Gasteiger partial charge in [0.15, 0.2) is 9.84 Å². The molecule has 1 saturated heterocycles. The molecule has 100 valence electrons. The van der Waals surface area contributed by atoms with Crippen molar-refractivity contribution >= 4 is 9.84 Å². The minimum Gasteiger partial charge on any atom is -0.313 e. The second kappa shape index (κ2) is 5.85. The molecule has 1 aromatic rings. The SMILES string of the molecule is Cc1ccc(CCS(=O)(=O)CC2CCCN2)cc1. The number of hydrogen-bond donors (Lipinski definition) is 1. The summed E-state index contributed by atoms with van der Waals surface area (Å²) in [7, 11) is -2.94. The molecule has 0 amide bonds. The van der Waals surface area contributed by atoms with Crippen LogP contribution in [0.4, 0.5) is 0 Å². The zero-order valence-electron chi connectivity index (χ0n) is 10.9. The van der Waals surface area contributed by atoms with Crippen LogP contribution in [0.1, 0.15) is 24.0 Å². The van der Waals surface area contributed by atoms with Gasteiger partial charge in [-0.1, -0.05) is 29.8 Å². The Morgan fingerprint density at radius 2 is 2.00 bits per heavy atom. The highest BCUT2D eigenvalue weighted by molar-refractivity contribution is 7.91. The zero-order valence-corrected chi connectivity index (χ0v) is 11.7. The summed E-state index contributed by atoms with van der Waals surface area (Å²) >= 11 is 0. The van der Waals surface area contributed by atoms with Crippen molar-refractivity contribution in [3.63, 3.8) is 0 Å². The quantitative estimate of drug-likeness (QED) is 0.883. The van der Waals surface area contributed by atoms with E-state index in [2.05, 4.69) is 5.32 Å². The van der Waals surface area contributed by atoms with Gasteiger partial charge in [0.25, 0.3) is 0 Å². The van der Waals surface area contributed by atoms with E-state index in [1.807, 2.05) is 31.2 Å². The van der Waals surface area contributed by atoms with Gasteiger partial charge in [-0.2, -0.15) is 0 Å². The van der Waals surface area contributed by atoms with E-state index in [1.165, 1.54) is 5.56 Å². The molecule has 0 aromatic heterocycles. The third kappa shape index (κ3) is 4.10. The van der Waals surface area contributed by atoms with Crippen LogP contribution in [-0.2, 0) is 16.3 Å². The molecule has 0 radical (unpaired) electrons. The molecule has 1 aliphatic rings. The van der Waals surface area contributed by atoms with Gasteiger partial charge >= 0.3 is 0 Å². The van der Waals surface area contributed by atoms with Crippen molar-refractivity contribution in [1.82, 2.24) is 5.32 Å². The Bertz CT molecular complexity index is 473. The average molecular weight is 267 g/mol. The molecule has 3 nitrogen and oxygen atoms in total. The Morgan fingerprint density at radius 3 is 2.61 bits per heavy atom. The van der Waals surface area contributed by atoms with E-state index >= 15 is 0 Å². The van der Waals surface area contributed by atoms with Gasteiger partial charge < -0.3 is 5.32 Å². The minimum atomic E-state index is -2.94. The molecule has 4 heteroatoms. The van der Waals surface area contributed by atoms with Crippen LogP contribution in [0.25, 0.3) is 0 Å². The van der Waals surface area contributed by atoms with Gasteiger partial charge in [0.05, 0.1) is 11.5 Å². The van der Waals surface area contributed by atoms with Gasteiger partial charge in [0.1, 0.15) is 0 Å². The summed E-state index contributed by atoms with van der Waals surface area (Å²) in [6.07, 6.45) is 2.71. The fourth-order valence-electron chi connectivity index (χ4n) is 2.32. The average Bonchev–Trinajstić information content (AvgIpc) is 2.80. The number of hydrogen-bond acceptors (Lipinski definition) is 3. The maximum absolute atomic E-state index is 12.0. The van der Waals surface area contributed by atoms with Gasteiger partial charge in [-0.3, -0.25) is 0 Å². The molecule has 0 spiro atoms. The van der Waals surface area contributed by atoms with Gasteiger partial charge in [0, 0.05) is 6.04 Å².